The number of aromatic nitrogens is 2. The molecule has 1 heterocycles. The van der Waals surface area contributed by atoms with Gasteiger partial charge in [-0.2, -0.15) is 0 Å². The Kier molecular flexibility index (Phi) is 3.07. The van der Waals surface area contributed by atoms with Crippen LogP contribution < -0.4 is 4.72 Å². The fraction of sp³-hybridized carbons (Fsp3) is 0.273. The number of nitrogens with one attached hydrogen (secondary N) is 1. The summed E-state index contributed by atoms with van der Waals surface area (Å²) in [6.07, 6.45) is 0. The third-order valence-corrected chi connectivity index (χ3v) is 4.39. The molecule has 2 aromatic rings. The summed E-state index contributed by atoms with van der Waals surface area (Å²) >= 11 is 0. The summed E-state index contributed by atoms with van der Waals surface area (Å²) in [5.74, 6) is -0.595. The molecule has 0 radical (unpaired) electrons. The standard InChI is InChI=1S/C11H13N3O4S/c1-6-13-8-4-7(11(15)16)5-9(10(8)14(6)3)19(17,18)12-2/h4-5,12H,1-3H3,(H,15,16). The van der Waals surface area contributed by atoms with E-state index in [1.54, 1.807) is 18.5 Å². The zero-order valence-electron chi connectivity index (χ0n) is 10.6. The number of hydrogen-bond acceptors (Lipinski definition) is 4. The highest BCUT2D eigenvalue weighted by molar-refractivity contribution is 7.89. The minimum absolute atomic E-state index is 0.0898. The molecule has 0 atom stereocenters. The van der Waals surface area contributed by atoms with E-state index >= 15 is 0 Å². The molecular weight excluding hydrogens is 270 g/mol. The number of nitrogens with zero attached hydrogens (tertiary/aromatic N) is 2. The first-order valence-corrected chi connectivity index (χ1v) is 6.90. The first-order valence-electron chi connectivity index (χ1n) is 5.42. The number of aromatic carboxylic acids is 1. The van der Waals surface area contributed by atoms with E-state index in [-0.39, 0.29) is 10.5 Å². The van der Waals surface area contributed by atoms with E-state index in [9.17, 15) is 13.2 Å². The van der Waals surface area contributed by atoms with Gasteiger partial charge in [0.2, 0.25) is 10.0 Å². The number of aryl methyl sites for hydroxylation is 2. The molecule has 0 amide bonds. The monoisotopic (exact) mass is 283 g/mol. The molecule has 0 aliphatic heterocycles. The van der Waals surface area contributed by atoms with E-state index in [2.05, 4.69) is 9.71 Å². The third kappa shape index (κ3) is 2.08. The Bertz CT molecular complexity index is 777. The average Bonchev–Trinajstić information content (AvgIpc) is 2.64. The molecule has 0 aliphatic rings. The molecule has 0 saturated heterocycles. The van der Waals surface area contributed by atoms with Crippen molar-refractivity contribution in [3.05, 3.63) is 23.5 Å². The predicted molar refractivity (Wildman–Crippen MR) is 68.7 cm³/mol. The molecule has 1 aromatic carbocycles. The van der Waals surface area contributed by atoms with Crippen LogP contribution in [0, 0.1) is 6.92 Å². The second kappa shape index (κ2) is 4.32. The van der Waals surface area contributed by atoms with Crippen molar-refractivity contribution in [2.24, 2.45) is 7.05 Å². The van der Waals surface area contributed by atoms with E-state index in [1.165, 1.54) is 13.1 Å². The molecule has 0 spiro atoms. The first kappa shape index (κ1) is 13.5. The van der Waals surface area contributed by atoms with E-state index in [4.69, 9.17) is 5.11 Å². The van der Waals surface area contributed by atoms with Crippen LogP contribution in [0.2, 0.25) is 0 Å². The highest BCUT2D eigenvalue weighted by atomic mass is 32.2. The van der Waals surface area contributed by atoms with Crippen LogP contribution in [0.1, 0.15) is 16.2 Å². The Morgan fingerprint density at radius 2 is 2.05 bits per heavy atom. The van der Waals surface area contributed by atoms with Gasteiger partial charge in [-0.05, 0) is 26.1 Å². The minimum atomic E-state index is -3.76. The van der Waals surface area contributed by atoms with Crippen LogP contribution >= 0.6 is 0 Å². The molecule has 8 heteroatoms. The molecule has 0 unspecified atom stereocenters. The summed E-state index contributed by atoms with van der Waals surface area (Å²) in [5, 5.41) is 9.03. The molecule has 2 N–H and O–H groups in total. The first-order chi connectivity index (χ1) is 8.77. The number of sulfonamides is 1. The molecule has 1 aromatic heterocycles. The van der Waals surface area contributed by atoms with Gasteiger partial charge in [0, 0.05) is 7.05 Å². The second-order valence-corrected chi connectivity index (χ2v) is 5.93. The van der Waals surface area contributed by atoms with E-state index in [0.29, 0.717) is 16.9 Å². The molecule has 0 aliphatic carbocycles. The van der Waals surface area contributed by atoms with E-state index < -0.39 is 16.0 Å². The average molecular weight is 283 g/mol. The molecule has 7 nitrogen and oxygen atoms in total. The van der Waals surface area contributed by atoms with E-state index in [0.717, 1.165) is 6.07 Å². The van der Waals surface area contributed by atoms with Crippen molar-refractivity contribution in [2.45, 2.75) is 11.8 Å². The topological polar surface area (TPSA) is 101 Å². The van der Waals surface area contributed by atoms with Gasteiger partial charge in [0.25, 0.3) is 0 Å². The number of carboxylic acid groups (broad SMARTS) is 1. The van der Waals surface area contributed by atoms with Crippen molar-refractivity contribution < 1.29 is 18.3 Å². The maximum atomic E-state index is 12.0. The molecule has 0 bridgehead atoms. The van der Waals surface area contributed by atoms with Gasteiger partial charge < -0.3 is 9.67 Å². The van der Waals surface area contributed by atoms with Crippen LogP contribution in [-0.4, -0.2) is 36.1 Å². The SMILES string of the molecule is CNS(=O)(=O)c1cc(C(=O)O)cc2nc(C)n(C)c12. The lowest BCUT2D eigenvalue weighted by Crippen LogP contribution is -2.20. The summed E-state index contributed by atoms with van der Waals surface area (Å²) in [6.45, 7) is 1.72. The third-order valence-electron chi connectivity index (χ3n) is 2.96. The summed E-state index contributed by atoms with van der Waals surface area (Å²) in [5.41, 5.74) is 0.616. The predicted octanol–water partition coefficient (Wildman–Crippen LogP) is 0.488. The van der Waals surface area contributed by atoms with Gasteiger partial charge >= 0.3 is 5.97 Å². The van der Waals surface area contributed by atoms with Crippen molar-refractivity contribution >= 4 is 27.0 Å². The Hall–Kier alpha value is -1.93. The molecule has 102 valence electrons. The van der Waals surface area contributed by atoms with Crippen LogP contribution in [0.4, 0.5) is 0 Å². The number of fused-ring (bicyclic) bond motifs is 1. The zero-order valence-corrected chi connectivity index (χ0v) is 11.4. The van der Waals surface area contributed by atoms with Crippen molar-refractivity contribution in [3.8, 4) is 0 Å². The fourth-order valence-corrected chi connectivity index (χ4v) is 2.86. The molecular formula is C11H13N3O4S. The summed E-state index contributed by atoms with van der Waals surface area (Å²) in [7, 11) is -0.808. The smallest absolute Gasteiger partial charge is 0.335 e. The maximum Gasteiger partial charge on any atom is 0.335 e. The Balaban J connectivity index is 2.97. The van der Waals surface area contributed by atoms with Gasteiger partial charge in [-0.25, -0.2) is 22.9 Å². The number of benzene rings is 1. The summed E-state index contributed by atoms with van der Waals surface area (Å²) < 4.78 is 27.8. The number of imidazole rings is 1. The molecule has 19 heavy (non-hydrogen) atoms. The number of hydrogen-bond donors (Lipinski definition) is 2. The lowest BCUT2D eigenvalue weighted by molar-refractivity contribution is 0.0697. The van der Waals surface area contributed by atoms with Crippen molar-refractivity contribution in [1.82, 2.24) is 14.3 Å². The lowest BCUT2D eigenvalue weighted by atomic mass is 10.2. The van der Waals surface area contributed by atoms with Gasteiger partial charge in [0.15, 0.2) is 0 Å². The Labute approximate surface area is 109 Å². The van der Waals surface area contributed by atoms with E-state index in [1.807, 2.05) is 0 Å². The second-order valence-electron chi connectivity index (χ2n) is 4.07. The van der Waals surface area contributed by atoms with Crippen LogP contribution in [0.15, 0.2) is 17.0 Å². The van der Waals surface area contributed by atoms with Gasteiger partial charge in [-0.3, -0.25) is 0 Å². The van der Waals surface area contributed by atoms with Crippen LogP contribution in [0.3, 0.4) is 0 Å². The highest BCUT2D eigenvalue weighted by Crippen LogP contribution is 2.25. The van der Waals surface area contributed by atoms with Crippen molar-refractivity contribution in [2.75, 3.05) is 7.05 Å². The van der Waals surface area contributed by atoms with Gasteiger partial charge in [0.1, 0.15) is 10.7 Å². The maximum absolute atomic E-state index is 12.0. The van der Waals surface area contributed by atoms with Crippen LogP contribution in [0.25, 0.3) is 11.0 Å². The summed E-state index contributed by atoms with van der Waals surface area (Å²) in [4.78, 5) is 15.1. The Morgan fingerprint density at radius 3 is 2.58 bits per heavy atom. The summed E-state index contributed by atoms with van der Waals surface area (Å²) in [6, 6.07) is 2.50. The molecule has 2 rings (SSSR count). The van der Waals surface area contributed by atoms with Gasteiger partial charge in [-0.1, -0.05) is 0 Å². The number of rotatable bonds is 3. The fourth-order valence-electron chi connectivity index (χ4n) is 1.86. The van der Waals surface area contributed by atoms with Crippen molar-refractivity contribution in [1.29, 1.82) is 0 Å². The normalized spacial score (nSPS) is 11.9. The number of carboxylic acids is 1. The quantitative estimate of drug-likeness (QED) is 0.853. The largest absolute Gasteiger partial charge is 0.478 e. The van der Waals surface area contributed by atoms with Crippen molar-refractivity contribution in [3.63, 3.8) is 0 Å². The Morgan fingerprint density at radius 1 is 1.42 bits per heavy atom. The zero-order chi connectivity index (χ0) is 14.4. The lowest BCUT2D eigenvalue weighted by Gasteiger charge is -2.07. The number of carbonyl (C=O) groups is 1. The molecule has 0 saturated carbocycles. The van der Waals surface area contributed by atoms with Crippen LogP contribution in [-0.2, 0) is 17.1 Å². The van der Waals surface area contributed by atoms with Gasteiger partial charge in [-0.15, -0.1) is 0 Å². The van der Waals surface area contributed by atoms with Crippen LogP contribution in [0.5, 0.6) is 0 Å². The highest BCUT2D eigenvalue weighted by Gasteiger charge is 2.22. The van der Waals surface area contributed by atoms with Gasteiger partial charge in [0.05, 0.1) is 16.6 Å². The minimum Gasteiger partial charge on any atom is -0.478 e. The molecule has 0 fully saturated rings.